The molecule has 5 atom stereocenters. The molecule has 0 spiro atoms. The lowest BCUT2D eigenvalue weighted by atomic mass is 9.88. The number of rotatable bonds is 1. The fraction of sp³-hybridized carbons (Fsp3) is 0.643. The van der Waals surface area contributed by atoms with Gasteiger partial charge in [-0.1, -0.05) is 0 Å². The van der Waals surface area contributed by atoms with Gasteiger partial charge < -0.3 is 10.0 Å². The molecule has 0 amide bonds. The van der Waals surface area contributed by atoms with Gasteiger partial charge in [-0.2, -0.15) is 0 Å². The van der Waals surface area contributed by atoms with Gasteiger partial charge in [0.05, 0.1) is 12.1 Å². The Morgan fingerprint density at radius 2 is 2.22 bits per heavy atom. The molecule has 4 rings (SSSR count). The molecule has 2 aliphatic carbocycles. The van der Waals surface area contributed by atoms with Crippen molar-refractivity contribution in [1.29, 1.82) is 0 Å². The smallest absolute Gasteiger partial charge is 0.129 e. The first-order valence-electron chi connectivity index (χ1n) is 6.72. The molecule has 18 heavy (non-hydrogen) atoms. The van der Waals surface area contributed by atoms with Crippen molar-refractivity contribution >= 4 is 21.7 Å². The van der Waals surface area contributed by atoms with Crippen molar-refractivity contribution in [3.8, 4) is 0 Å². The predicted molar refractivity (Wildman–Crippen MR) is 73.5 cm³/mol. The average Bonchev–Trinajstić information content (AvgIpc) is 2.93. The summed E-state index contributed by atoms with van der Waals surface area (Å²) in [7, 11) is 0. The number of aliphatic hydroxyl groups excluding tert-OH is 1. The third-order valence-corrected chi connectivity index (χ3v) is 6.01. The second-order valence-electron chi connectivity index (χ2n) is 6.08. The van der Waals surface area contributed by atoms with Crippen LogP contribution in [0.4, 0.5) is 5.82 Å². The van der Waals surface area contributed by atoms with Gasteiger partial charge in [0.25, 0.3) is 0 Å². The standard InChI is InChI=1S/C14H17BrN2O/c1-7-2-12(16-5-11(7)15)17-6-9-3-8-4-10(9)13(17)14(8)18/h2,5,8-10,13-14,18H,3-4,6H2,1H3. The Morgan fingerprint density at radius 1 is 1.39 bits per heavy atom. The normalized spacial score (nSPS) is 40.8. The Hall–Kier alpha value is -0.610. The molecule has 3 fully saturated rings. The van der Waals surface area contributed by atoms with Crippen molar-refractivity contribution in [2.24, 2.45) is 17.8 Å². The van der Waals surface area contributed by atoms with Gasteiger partial charge in [-0.05, 0) is 65.1 Å². The summed E-state index contributed by atoms with van der Waals surface area (Å²) in [6.07, 6.45) is 4.18. The molecule has 1 aromatic rings. The molecule has 5 unspecified atom stereocenters. The summed E-state index contributed by atoms with van der Waals surface area (Å²) in [6.45, 7) is 3.17. The van der Waals surface area contributed by atoms with Crippen molar-refractivity contribution in [2.45, 2.75) is 31.9 Å². The highest BCUT2D eigenvalue weighted by Gasteiger charge is 2.59. The summed E-state index contributed by atoms with van der Waals surface area (Å²) in [6, 6.07) is 2.45. The van der Waals surface area contributed by atoms with Gasteiger partial charge in [-0.3, -0.25) is 0 Å². The molecular formula is C14H17BrN2O. The van der Waals surface area contributed by atoms with Crippen LogP contribution in [0.3, 0.4) is 0 Å². The number of pyridine rings is 1. The van der Waals surface area contributed by atoms with Gasteiger partial charge in [0.1, 0.15) is 5.82 Å². The van der Waals surface area contributed by atoms with Crippen LogP contribution in [0.25, 0.3) is 0 Å². The third-order valence-electron chi connectivity index (χ3n) is 5.18. The minimum absolute atomic E-state index is 0.139. The number of aliphatic hydroxyl groups is 1. The Balaban J connectivity index is 1.71. The number of halogens is 1. The van der Waals surface area contributed by atoms with E-state index in [-0.39, 0.29) is 6.10 Å². The van der Waals surface area contributed by atoms with E-state index in [0.29, 0.717) is 17.9 Å². The second kappa shape index (κ2) is 3.70. The van der Waals surface area contributed by atoms with Gasteiger partial charge in [0.2, 0.25) is 0 Å². The molecule has 3 aliphatic rings. The SMILES string of the molecule is Cc1cc(N2CC3CC4CC3C2C4O)ncc1Br. The summed E-state index contributed by atoms with van der Waals surface area (Å²) in [5.74, 6) is 3.08. The maximum absolute atomic E-state index is 10.4. The third kappa shape index (κ3) is 1.36. The van der Waals surface area contributed by atoms with E-state index >= 15 is 0 Å². The van der Waals surface area contributed by atoms with Crippen molar-refractivity contribution < 1.29 is 5.11 Å². The number of hydrogen-bond donors (Lipinski definition) is 1. The Morgan fingerprint density at radius 3 is 2.94 bits per heavy atom. The van der Waals surface area contributed by atoms with Crippen LogP contribution < -0.4 is 4.90 Å². The van der Waals surface area contributed by atoms with E-state index in [9.17, 15) is 5.11 Å². The predicted octanol–water partition coefficient (Wildman–Crippen LogP) is 2.36. The number of aromatic nitrogens is 1. The average molecular weight is 309 g/mol. The highest BCUT2D eigenvalue weighted by molar-refractivity contribution is 9.10. The van der Waals surface area contributed by atoms with Gasteiger partial charge in [-0.25, -0.2) is 4.98 Å². The van der Waals surface area contributed by atoms with Crippen LogP contribution in [0, 0.1) is 24.7 Å². The largest absolute Gasteiger partial charge is 0.391 e. The van der Waals surface area contributed by atoms with E-state index < -0.39 is 0 Å². The monoisotopic (exact) mass is 308 g/mol. The minimum atomic E-state index is -0.139. The van der Waals surface area contributed by atoms with E-state index in [1.807, 2.05) is 6.20 Å². The molecule has 2 bridgehead atoms. The van der Waals surface area contributed by atoms with E-state index in [4.69, 9.17) is 0 Å². The molecule has 96 valence electrons. The van der Waals surface area contributed by atoms with Crippen LogP contribution in [0.5, 0.6) is 0 Å². The van der Waals surface area contributed by atoms with E-state index in [1.165, 1.54) is 18.4 Å². The van der Waals surface area contributed by atoms with E-state index in [1.54, 1.807) is 0 Å². The van der Waals surface area contributed by atoms with Crippen LogP contribution in [0.2, 0.25) is 0 Å². The van der Waals surface area contributed by atoms with E-state index in [2.05, 4.69) is 38.8 Å². The van der Waals surface area contributed by atoms with Crippen molar-refractivity contribution in [3.63, 3.8) is 0 Å². The molecule has 0 radical (unpaired) electrons. The summed E-state index contributed by atoms with van der Waals surface area (Å²) in [4.78, 5) is 6.89. The van der Waals surface area contributed by atoms with E-state index in [0.717, 1.165) is 22.8 Å². The maximum atomic E-state index is 10.4. The number of nitrogens with zero attached hydrogens (tertiary/aromatic N) is 2. The number of anilines is 1. The highest BCUT2D eigenvalue weighted by atomic mass is 79.9. The topological polar surface area (TPSA) is 36.4 Å². The molecule has 2 heterocycles. The quantitative estimate of drug-likeness (QED) is 0.865. The van der Waals surface area contributed by atoms with Crippen LogP contribution in [-0.2, 0) is 0 Å². The van der Waals surface area contributed by atoms with Crippen molar-refractivity contribution in [2.75, 3.05) is 11.4 Å². The fourth-order valence-electron chi connectivity index (χ4n) is 4.36. The highest BCUT2D eigenvalue weighted by Crippen LogP contribution is 2.55. The number of aryl methyl sites for hydroxylation is 1. The Bertz CT molecular complexity index is 505. The summed E-state index contributed by atoms with van der Waals surface area (Å²) in [5, 5.41) is 10.4. The van der Waals surface area contributed by atoms with Crippen LogP contribution in [0.15, 0.2) is 16.7 Å². The van der Waals surface area contributed by atoms with Gasteiger partial charge >= 0.3 is 0 Å². The maximum Gasteiger partial charge on any atom is 0.129 e. The number of hydrogen-bond acceptors (Lipinski definition) is 3. The second-order valence-corrected chi connectivity index (χ2v) is 6.93. The first kappa shape index (κ1) is 11.2. The number of fused-ring (bicyclic) bond motifs is 1. The minimum Gasteiger partial charge on any atom is -0.391 e. The Labute approximate surface area is 115 Å². The lowest BCUT2D eigenvalue weighted by molar-refractivity contribution is 0.0965. The molecule has 1 N–H and O–H groups in total. The molecule has 1 saturated heterocycles. The lowest BCUT2D eigenvalue weighted by Crippen LogP contribution is -2.41. The molecule has 1 aliphatic heterocycles. The summed E-state index contributed by atoms with van der Waals surface area (Å²) in [5.41, 5.74) is 1.21. The molecule has 1 aromatic heterocycles. The molecule has 2 saturated carbocycles. The first-order chi connectivity index (χ1) is 8.65. The molecular weight excluding hydrogens is 292 g/mol. The van der Waals surface area contributed by atoms with Crippen LogP contribution in [-0.4, -0.2) is 28.8 Å². The molecule has 4 heteroatoms. The zero-order valence-electron chi connectivity index (χ0n) is 10.4. The molecule has 3 nitrogen and oxygen atoms in total. The van der Waals surface area contributed by atoms with Gasteiger partial charge in [-0.15, -0.1) is 0 Å². The zero-order valence-corrected chi connectivity index (χ0v) is 12.0. The lowest BCUT2D eigenvalue weighted by Gasteiger charge is -2.29. The summed E-state index contributed by atoms with van der Waals surface area (Å²) >= 11 is 3.50. The van der Waals surface area contributed by atoms with Crippen LogP contribution >= 0.6 is 15.9 Å². The Kier molecular flexibility index (Phi) is 2.31. The first-order valence-corrected chi connectivity index (χ1v) is 7.51. The van der Waals surface area contributed by atoms with Gasteiger partial charge in [0.15, 0.2) is 0 Å². The zero-order chi connectivity index (χ0) is 12.4. The van der Waals surface area contributed by atoms with Crippen LogP contribution in [0.1, 0.15) is 18.4 Å². The van der Waals surface area contributed by atoms with Crippen molar-refractivity contribution in [3.05, 3.63) is 22.3 Å². The fourth-order valence-corrected chi connectivity index (χ4v) is 4.58. The summed E-state index contributed by atoms with van der Waals surface area (Å²) < 4.78 is 1.05. The molecule has 0 aromatic carbocycles. The van der Waals surface area contributed by atoms with Crippen molar-refractivity contribution in [1.82, 2.24) is 4.98 Å². The van der Waals surface area contributed by atoms with Gasteiger partial charge in [0, 0.05) is 17.2 Å².